The molecule has 88 valence electrons. The maximum Gasteiger partial charge on any atom is 0.0731 e. The summed E-state index contributed by atoms with van der Waals surface area (Å²) >= 11 is 0. The molecule has 1 aromatic heterocycles. The number of β-amino-alcohol motifs (C(OH)–C–C–N with tert-alkyl or cyclic N) is 1. The van der Waals surface area contributed by atoms with Crippen molar-refractivity contribution in [1.29, 1.82) is 0 Å². The van der Waals surface area contributed by atoms with Gasteiger partial charge in [-0.15, -0.1) is 0 Å². The molecule has 0 radical (unpaired) electrons. The summed E-state index contributed by atoms with van der Waals surface area (Å²) in [5.41, 5.74) is 3.40. The quantitative estimate of drug-likeness (QED) is 0.829. The Labute approximate surface area is 97.1 Å². The van der Waals surface area contributed by atoms with Crippen LogP contribution in [0.2, 0.25) is 0 Å². The van der Waals surface area contributed by atoms with Crippen LogP contribution in [-0.4, -0.2) is 29.3 Å². The third kappa shape index (κ3) is 2.35. The first kappa shape index (κ1) is 11.4. The fourth-order valence-corrected chi connectivity index (χ4v) is 2.13. The minimum absolute atomic E-state index is 0.170. The highest BCUT2D eigenvalue weighted by atomic mass is 16.3. The van der Waals surface area contributed by atoms with Crippen molar-refractivity contribution in [2.45, 2.75) is 39.2 Å². The topological polar surface area (TPSA) is 36.4 Å². The second kappa shape index (κ2) is 4.42. The van der Waals surface area contributed by atoms with Crippen molar-refractivity contribution >= 4 is 5.69 Å². The van der Waals surface area contributed by atoms with Crippen LogP contribution >= 0.6 is 0 Å². The summed E-state index contributed by atoms with van der Waals surface area (Å²) in [6.45, 7) is 8.04. The highest BCUT2D eigenvalue weighted by Crippen LogP contribution is 2.24. The van der Waals surface area contributed by atoms with E-state index in [1.54, 1.807) is 0 Å². The molecule has 3 heteroatoms. The Bertz CT molecular complexity index is 376. The van der Waals surface area contributed by atoms with Crippen molar-refractivity contribution in [3.05, 3.63) is 23.5 Å². The molecule has 2 heterocycles. The van der Waals surface area contributed by atoms with Crippen molar-refractivity contribution in [3.63, 3.8) is 0 Å². The molecule has 1 unspecified atom stereocenters. The van der Waals surface area contributed by atoms with Crippen LogP contribution in [0.15, 0.2) is 12.1 Å². The minimum Gasteiger partial charge on any atom is -0.391 e. The summed E-state index contributed by atoms with van der Waals surface area (Å²) in [6, 6.07) is 4.25. The SMILES string of the molecule is Cc1cc(N2CCC(O)C2)cc(C(C)C)n1. The molecule has 0 spiro atoms. The van der Waals surface area contributed by atoms with Crippen LogP contribution in [0.25, 0.3) is 0 Å². The van der Waals surface area contributed by atoms with Crippen molar-refractivity contribution in [3.8, 4) is 0 Å². The lowest BCUT2D eigenvalue weighted by Crippen LogP contribution is -2.21. The zero-order valence-corrected chi connectivity index (χ0v) is 10.3. The van der Waals surface area contributed by atoms with E-state index in [2.05, 4.69) is 35.9 Å². The van der Waals surface area contributed by atoms with E-state index in [4.69, 9.17) is 0 Å². The van der Waals surface area contributed by atoms with Gasteiger partial charge >= 0.3 is 0 Å². The second-order valence-electron chi connectivity index (χ2n) is 4.93. The fourth-order valence-electron chi connectivity index (χ4n) is 2.13. The number of pyridine rings is 1. The van der Waals surface area contributed by atoms with E-state index in [9.17, 15) is 5.11 Å². The van der Waals surface area contributed by atoms with Gasteiger partial charge in [0, 0.05) is 30.2 Å². The van der Waals surface area contributed by atoms with Gasteiger partial charge in [-0.1, -0.05) is 13.8 Å². The van der Waals surface area contributed by atoms with Gasteiger partial charge in [0.15, 0.2) is 0 Å². The van der Waals surface area contributed by atoms with E-state index >= 15 is 0 Å². The number of rotatable bonds is 2. The number of hydrogen-bond acceptors (Lipinski definition) is 3. The lowest BCUT2D eigenvalue weighted by Gasteiger charge is -2.20. The number of aliphatic hydroxyl groups excluding tert-OH is 1. The summed E-state index contributed by atoms with van der Waals surface area (Å²) in [7, 11) is 0. The largest absolute Gasteiger partial charge is 0.391 e. The van der Waals surface area contributed by atoms with Gasteiger partial charge in [-0.25, -0.2) is 0 Å². The number of aryl methyl sites for hydroxylation is 1. The molecule has 0 amide bonds. The number of hydrogen-bond donors (Lipinski definition) is 1. The first-order chi connectivity index (χ1) is 7.56. The van der Waals surface area contributed by atoms with Crippen LogP contribution < -0.4 is 4.90 Å². The molecule has 1 N–H and O–H groups in total. The monoisotopic (exact) mass is 220 g/mol. The third-order valence-corrected chi connectivity index (χ3v) is 3.08. The summed E-state index contributed by atoms with van der Waals surface area (Å²) in [6.07, 6.45) is 0.703. The molecule has 2 rings (SSSR count). The zero-order valence-electron chi connectivity index (χ0n) is 10.3. The number of aliphatic hydroxyl groups is 1. The van der Waals surface area contributed by atoms with E-state index < -0.39 is 0 Å². The maximum absolute atomic E-state index is 9.55. The lowest BCUT2D eigenvalue weighted by molar-refractivity contribution is 0.198. The smallest absolute Gasteiger partial charge is 0.0731 e. The summed E-state index contributed by atoms with van der Waals surface area (Å²) < 4.78 is 0. The highest BCUT2D eigenvalue weighted by Gasteiger charge is 2.21. The predicted octanol–water partition coefficient (Wildman–Crippen LogP) is 2.08. The van der Waals surface area contributed by atoms with E-state index in [1.165, 1.54) is 5.69 Å². The predicted molar refractivity (Wildman–Crippen MR) is 65.9 cm³/mol. The first-order valence-electron chi connectivity index (χ1n) is 5.98. The summed E-state index contributed by atoms with van der Waals surface area (Å²) in [4.78, 5) is 6.78. The fraction of sp³-hybridized carbons (Fsp3) is 0.615. The van der Waals surface area contributed by atoms with Crippen molar-refractivity contribution in [2.75, 3.05) is 18.0 Å². The van der Waals surface area contributed by atoms with Crippen molar-refractivity contribution < 1.29 is 5.11 Å². The van der Waals surface area contributed by atoms with Crippen molar-refractivity contribution in [1.82, 2.24) is 4.98 Å². The molecule has 1 aliphatic rings. The van der Waals surface area contributed by atoms with E-state index in [-0.39, 0.29) is 6.10 Å². The summed E-state index contributed by atoms with van der Waals surface area (Å²) in [5.74, 6) is 0.450. The molecule has 1 atom stereocenters. The van der Waals surface area contributed by atoms with Gasteiger partial charge in [0.05, 0.1) is 6.10 Å². The molecule has 3 nitrogen and oxygen atoms in total. The standard InChI is InChI=1S/C13H20N2O/c1-9(2)13-7-11(6-10(3)14-13)15-5-4-12(16)8-15/h6-7,9,12,16H,4-5,8H2,1-3H3. The van der Waals surface area contributed by atoms with Gasteiger partial charge in [-0.2, -0.15) is 0 Å². The summed E-state index contributed by atoms with van der Waals surface area (Å²) in [5, 5.41) is 9.55. The highest BCUT2D eigenvalue weighted by molar-refractivity contribution is 5.49. The number of anilines is 1. The Morgan fingerprint density at radius 1 is 1.44 bits per heavy atom. The maximum atomic E-state index is 9.55. The molecule has 0 saturated carbocycles. The molecule has 0 aliphatic carbocycles. The van der Waals surface area contributed by atoms with Crippen LogP contribution in [-0.2, 0) is 0 Å². The van der Waals surface area contributed by atoms with Crippen LogP contribution in [0.5, 0.6) is 0 Å². The molecular formula is C13H20N2O. The molecule has 16 heavy (non-hydrogen) atoms. The Morgan fingerprint density at radius 2 is 2.19 bits per heavy atom. The average Bonchev–Trinajstić information content (AvgIpc) is 2.64. The Kier molecular flexibility index (Phi) is 3.15. The molecular weight excluding hydrogens is 200 g/mol. The zero-order chi connectivity index (χ0) is 11.7. The molecule has 1 aliphatic heterocycles. The first-order valence-corrected chi connectivity index (χ1v) is 5.98. The lowest BCUT2D eigenvalue weighted by atomic mass is 10.1. The van der Waals surface area contributed by atoms with Gasteiger partial charge in [0.2, 0.25) is 0 Å². The number of aromatic nitrogens is 1. The number of nitrogens with zero attached hydrogens (tertiary/aromatic N) is 2. The molecule has 0 bridgehead atoms. The van der Waals surface area contributed by atoms with Gasteiger partial charge in [-0.05, 0) is 31.4 Å². The molecule has 0 aromatic carbocycles. The molecule has 1 fully saturated rings. The second-order valence-corrected chi connectivity index (χ2v) is 4.93. The normalized spacial score (nSPS) is 20.8. The van der Waals surface area contributed by atoms with Crippen molar-refractivity contribution in [2.24, 2.45) is 0 Å². The third-order valence-electron chi connectivity index (χ3n) is 3.08. The van der Waals surface area contributed by atoms with Gasteiger partial charge in [0.1, 0.15) is 0 Å². The van der Waals surface area contributed by atoms with Gasteiger partial charge in [0.25, 0.3) is 0 Å². The minimum atomic E-state index is -0.170. The van der Waals surface area contributed by atoms with E-state index in [0.717, 1.165) is 30.9 Å². The molecule has 1 aromatic rings. The van der Waals surface area contributed by atoms with E-state index in [1.807, 2.05) is 6.92 Å². The van der Waals surface area contributed by atoms with Gasteiger partial charge < -0.3 is 10.0 Å². The van der Waals surface area contributed by atoms with Crippen LogP contribution in [0, 0.1) is 6.92 Å². The van der Waals surface area contributed by atoms with Gasteiger partial charge in [-0.3, -0.25) is 4.98 Å². The van der Waals surface area contributed by atoms with E-state index in [0.29, 0.717) is 5.92 Å². The Hall–Kier alpha value is -1.09. The average molecular weight is 220 g/mol. The van der Waals surface area contributed by atoms with Crippen LogP contribution in [0.3, 0.4) is 0 Å². The van der Waals surface area contributed by atoms with Crippen LogP contribution in [0.1, 0.15) is 37.6 Å². The van der Waals surface area contributed by atoms with Crippen LogP contribution in [0.4, 0.5) is 5.69 Å². The Morgan fingerprint density at radius 3 is 2.75 bits per heavy atom. The molecule has 1 saturated heterocycles. The Balaban J connectivity index is 2.27.